The van der Waals surface area contributed by atoms with Gasteiger partial charge in [-0.2, -0.15) is 0 Å². The van der Waals surface area contributed by atoms with Crippen LogP contribution in [0.3, 0.4) is 0 Å². The molecule has 27 heavy (non-hydrogen) atoms. The lowest BCUT2D eigenvalue weighted by molar-refractivity contribution is -0.0491. The van der Waals surface area contributed by atoms with Crippen LogP contribution in [0.25, 0.3) is 0 Å². The van der Waals surface area contributed by atoms with Gasteiger partial charge < -0.3 is 19.7 Å². The van der Waals surface area contributed by atoms with Crippen molar-refractivity contribution in [3.05, 3.63) is 57.2 Å². The van der Waals surface area contributed by atoms with Crippen LogP contribution in [-0.4, -0.2) is 35.6 Å². The summed E-state index contributed by atoms with van der Waals surface area (Å²) < 4.78 is 12.2. The second-order valence-corrected chi connectivity index (χ2v) is 7.27. The average Bonchev–Trinajstić information content (AvgIpc) is 2.64. The lowest BCUT2D eigenvalue weighted by Gasteiger charge is -2.27. The predicted molar refractivity (Wildman–Crippen MR) is 112 cm³/mol. The van der Waals surface area contributed by atoms with Gasteiger partial charge in [0.2, 0.25) is 0 Å². The summed E-state index contributed by atoms with van der Waals surface area (Å²) in [6.45, 7) is 4.03. The molecule has 2 atom stereocenters. The Morgan fingerprint density at radius 2 is 1.93 bits per heavy atom. The Balaban J connectivity index is 2.26. The zero-order valence-electron chi connectivity index (χ0n) is 15.3. The number of aliphatic hydroxyl groups excluding tert-OH is 1. The molecule has 2 aromatic carbocycles. The number of ether oxygens (including phenoxy) is 2. The number of hydrogen-bond donors (Lipinski definition) is 3. The van der Waals surface area contributed by atoms with Gasteiger partial charge in [-0.3, -0.25) is 5.32 Å². The zero-order chi connectivity index (χ0) is 19.8. The van der Waals surface area contributed by atoms with Crippen molar-refractivity contribution in [1.29, 1.82) is 0 Å². The van der Waals surface area contributed by atoms with Crippen LogP contribution in [0, 0.1) is 10.5 Å². The van der Waals surface area contributed by atoms with E-state index in [2.05, 4.69) is 27.9 Å². The summed E-state index contributed by atoms with van der Waals surface area (Å²) in [4.78, 5) is 12.5. The molecule has 2 aromatic rings. The van der Waals surface area contributed by atoms with E-state index < -0.39 is 18.3 Å². The zero-order valence-corrected chi connectivity index (χ0v) is 17.5. The molecule has 0 saturated heterocycles. The van der Waals surface area contributed by atoms with Crippen molar-refractivity contribution in [2.75, 3.05) is 18.5 Å². The minimum Gasteiger partial charge on any atom is -0.508 e. The summed E-state index contributed by atoms with van der Waals surface area (Å²) in [7, 11) is 0. The first-order valence-electron chi connectivity index (χ1n) is 8.69. The van der Waals surface area contributed by atoms with Gasteiger partial charge in [0.15, 0.2) is 6.10 Å². The van der Waals surface area contributed by atoms with Gasteiger partial charge in [0.1, 0.15) is 11.9 Å². The van der Waals surface area contributed by atoms with Crippen LogP contribution >= 0.6 is 22.6 Å². The Labute approximate surface area is 172 Å². The van der Waals surface area contributed by atoms with E-state index >= 15 is 0 Å². The number of carbonyl (C=O) groups excluding carboxylic acids is 1. The number of amides is 1. The Morgan fingerprint density at radius 3 is 2.56 bits per heavy atom. The standard InChI is InChI=1S/C20H24INO5/c1-3-26-18(10-11-23)19(16-12-14(21)6-9-17(16)24)27-20(25)22-15-7-4-13(2)5-8-15/h4-9,12,18-19,23-24H,3,10-11H2,1-2H3,(H,22,25)/t18-,19-/m1/s1. The molecule has 0 saturated carbocycles. The molecule has 0 aromatic heterocycles. The van der Waals surface area contributed by atoms with Gasteiger partial charge in [-0.15, -0.1) is 0 Å². The van der Waals surface area contributed by atoms with Crippen LogP contribution in [0.15, 0.2) is 42.5 Å². The fourth-order valence-corrected chi connectivity index (χ4v) is 3.17. The third-order valence-corrected chi connectivity index (χ3v) is 4.63. The van der Waals surface area contributed by atoms with Gasteiger partial charge in [0.25, 0.3) is 0 Å². The number of halogens is 1. The smallest absolute Gasteiger partial charge is 0.412 e. The second-order valence-electron chi connectivity index (χ2n) is 6.03. The number of aryl methyl sites for hydroxylation is 1. The maximum Gasteiger partial charge on any atom is 0.412 e. The molecule has 0 radical (unpaired) electrons. The van der Waals surface area contributed by atoms with E-state index in [1.54, 1.807) is 30.3 Å². The van der Waals surface area contributed by atoms with E-state index in [-0.39, 0.29) is 18.8 Å². The number of carbonyl (C=O) groups is 1. The van der Waals surface area contributed by atoms with Crippen LogP contribution in [0.1, 0.15) is 30.6 Å². The van der Waals surface area contributed by atoms with Gasteiger partial charge >= 0.3 is 6.09 Å². The summed E-state index contributed by atoms with van der Waals surface area (Å²) in [6.07, 6.45) is -1.85. The van der Waals surface area contributed by atoms with Gasteiger partial charge in [0, 0.05) is 34.5 Å². The summed E-state index contributed by atoms with van der Waals surface area (Å²) in [5.41, 5.74) is 2.12. The highest BCUT2D eigenvalue weighted by molar-refractivity contribution is 14.1. The molecule has 146 valence electrons. The van der Waals surface area contributed by atoms with Crippen LogP contribution in [0.2, 0.25) is 0 Å². The third kappa shape index (κ3) is 6.37. The number of phenolic OH excluding ortho intramolecular Hbond substituents is 1. The highest BCUT2D eigenvalue weighted by Gasteiger charge is 2.30. The molecule has 3 N–H and O–H groups in total. The molecule has 7 heteroatoms. The molecule has 0 fully saturated rings. The van der Waals surface area contributed by atoms with E-state index in [1.807, 2.05) is 26.0 Å². The van der Waals surface area contributed by atoms with Crippen LogP contribution in [0.4, 0.5) is 10.5 Å². The van der Waals surface area contributed by atoms with Crippen LogP contribution in [-0.2, 0) is 9.47 Å². The van der Waals surface area contributed by atoms with Crippen molar-refractivity contribution < 1.29 is 24.5 Å². The molecule has 0 spiro atoms. The largest absolute Gasteiger partial charge is 0.508 e. The SMILES string of the molecule is CCO[C@H](CCO)[C@H](OC(=O)Nc1ccc(C)cc1)c1cc(I)ccc1O. The molecule has 0 bridgehead atoms. The van der Waals surface area contributed by atoms with E-state index in [0.717, 1.165) is 9.13 Å². The van der Waals surface area contributed by atoms with E-state index in [1.165, 1.54) is 0 Å². The number of nitrogens with one attached hydrogen (secondary N) is 1. The third-order valence-electron chi connectivity index (χ3n) is 3.96. The number of hydrogen-bond acceptors (Lipinski definition) is 5. The first-order chi connectivity index (χ1) is 12.9. The van der Waals surface area contributed by atoms with Gasteiger partial charge in [-0.25, -0.2) is 4.79 Å². The molecular weight excluding hydrogens is 461 g/mol. The fraction of sp³-hybridized carbons (Fsp3) is 0.350. The lowest BCUT2D eigenvalue weighted by Crippen LogP contribution is -2.30. The summed E-state index contributed by atoms with van der Waals surface area (Å²) in [5, 5.41) is 22.3. The lowest BCUT2D eigenvalue weighted by atomic mass is 10.0. The quantitative estimate of drug-likeness (QED) is 0.483. The molecule has 6 nitrogen and oxygen atoms in total. The highest BCUT2D eigenvalue weighted by atomic mass is 127. The fourth-order valence-electron chi connectivity index (χ4n) is 2.66. The highest BCUT2D eigenvalue weighted by Crippen LogP contribution is 2.33. The molecule has 0 aliphatic heterocycles. The maximum atomic E-state index is 12.5. The average molecular weight is 485 g/mol. The number of phenols is 1. The molecule has 2 rings (SSSR count). The number of anilines is 1. The normalized spacial score (nSPS) is 13.0. The molecule has 0 aliphatic rings. The van der Waals surface area contributed by atoms with Crippen molar-refractivity contribution in [3.8, 4) is 5.75 Å². The van der Waals surface area contributed by atoms with Crippen molar-refractivity contribution in [1.82, 2.24) is 0 Å². The summed E-state index contributed by atoms with van der Waals surface area (Å²) >= 11 is 2.12. The Kier molecular flexibility index (Phi) is 8.33. The molecular formula is C20H24INO5. The minimum absolute atomic E-state index is 0.00574. The van der Waals surface area contributed by atoms with Crippen LogP contribution < -0.4 is 5.32 Å². The van der Waals surface area contributed by atoms with E-state index in [0.29, 0.717) is 17.9 Å². The topological polar surface area (TPSA) is 88.0 Å². The molecule has 0 aliphatic carbocycles. The number of aromatic hydroxyl groups is 1. The monoisotopic (exact) mass is 485 g/mol. The van der Waals surface area contributed by atoms with Crippen LogP contribution in [0.5, 0.6) is 5.75 Å². The Morgan fingerprint density at radius 1 is 1.22 bits per heavy atom. The number of rotatable bonds is 8. The first kappa shape index (κ1) is 21.5. The molecule has 1 amide bonds. The Bertz CT molecular complexity index is 745. The van der Waals surface area contributed by atoms with Crippen molar-refractivity contribution in [2.45, 2.75) is 32.5 Å². The van der Waals surface area contributed by atoms with E-state index in [4.69, 9.17) is 9.47 Å². The second kappa shape index (κ2) is 10.5. The van der Waals surface area contributed by atoms with Gasteiger partial charge in [-0.05, 0) is 66.8 Å². The summed E-state index contributed by atoms with van der Waals surface area (Å²) in [6, 6.07) is 12.4. The Hall–Kier alpha value is -1.84. The first-order valence-corrected chi connectivity index (χ1v) is 9.77. The van der Waals surface area contributed by atoms with E-state index in [9.17, 15) is 15.0 Å². The summed E-state index contributed by atoms with van der Waals surface area (Å²) in [5.74, 6) is 0.00574. The predicted octanol–water partition coefficient (Wildman–Crippen LogP) is 4.38. The van der Waals surface area contributed by atoms with Gasteiger partial charge in [0.05, 0.1) is 0 Å². The number of aliphatic hydroxyl groups is 1. The van der Waals surface area contributed by atoms with Gasteiger partial charge in [-0.1, -0.05) is 17.7 Å². The molecule has 0 unspecified atom stereocenters. The molecule has 0 heterocycles. The minimum atomic E-state index is -0.864. The van der Waals surface area contributed by atoms with Crippen molar-refractivity contribution in [2.24, 2.45) is 0 Å². The maximum absolute atomic E-state index is 12.5. The van der Waals surface area contributed by atoms with Crippen molar-refractivity contribution in [3.63, 3.8) is 0 Å². The van der Waals surface area contributed by atoms with Crippen molar-refractivity contribution >= 4 is 34.4 Å². The number of benzene rings is 2.